The fourth-order valence-corrected chi connectivity index (χ4v) is 4.48. The Morgan fingerprint density at radius 1 is 1.31 bits per heavy atom. The number of nitrogens with two attached hydrogens (primary N) is 1. The number of carbonyl (C=O) groups excluding carboxylic acids is 2. The van der Waals surface area contributed by atoms with Crippen LogP contribution in [0.25, 0.3) is 6.08 Å². The van der Waals surface area contributed by atoms with Crippen molar-refractivity contribution < 1.29 is 29.0 Å². The van der Waals surface area contributed by atoms with Gasteiger partial charge in [-0.05, 0) is 38.2 Å². The molecule has 0 unspecified atom stereocenters. The Kier molecular flexibility index (Phi) is 10.7. The van der Waals surface area contributed by atoms with E-state index in [4.69, 9.17) is 26.5 Å². The first kappa shape index (κ1) is 29.2. The smallest absolute Gasteiger partial charge is 0.309 e. The molecule has 0 spiro atoms. The molecule has 1 aliphatic heterocycles. The third-order valence-corrected chi connectivity index (χ3v) is 7.21. The average molecular weight is 511 g/mol. The van der Waals surface area contributed by atoms with E-state index in [0.29, 0.717) is 18.0 Å². The number of hydrogen-bond donors (Lipinski definition) is 3. The van der Waals surface area contributed by atoms with E-state index in [9.17, 15) is 19.8 Å². The van der Waals surface area contributed by atoms with Crippen LogP contribution in [-0.2, 0) is 20.9 Å². The molecule has 0 amide bonds. The molecular formula is C26H39ClN2O6. The molecule has 0 saturated carbocycles. The highest BCUT2D eigenvalue weighted by Crippen LogP contribution is 2.32. The van der Waals surface area contributed by atoms with Crippen LogP contribution in [0.2, 0.25) is 0 Å². The van der Waals surface area contributed by atoms with Crippen molar-refractivity contribution in [1.29, 1.82) is 0 Å². The summed E-state index contributed by atoms with van der Waals surface area (Å²) in [6.07, 6.45) is 4.36. The van der Waals surface area contributed by atoms with Crippen molar-refractivity contribution in [3.8, 4) is 0 Å². The summed E-state index contributed by atoms with van der Waals surface area (Å²) in [5.74, 6) is -1.39. The van der Waals surface area contributed by atoms with Crippen LogP contribution >= 0.6 is 11.6 Å². The van der Waals surface area contributed by atoms with Crippen LogP contribution in [-0.4, -0.2) is 45.3 Å². The zero-order valence-electron chi connectivity index (χ0n) is 21.3. The number of Topliss-reactive ketones (excluding diaryl/α,β-unsaturated/α-hetero) is 1. The molecule has 196 valence electrons. The quantitative estimate of drug-likeness (QED) is 0.408. The number of cyclic esters (lactones) is 1. The molecule has 8 nitrogen and oxygen atoms in total. The van der Waals surface area contributed by atoms with Crippen LogP contribution in [0.5, 0.6) is 0 Å². The van der Waals surface area contributed by atoms with Gasteiger partial charge >= 0.3 is 5.97 Å². The fraction of sp³-hybridized carbons (Fsp3) is 0.654. The minimum Gasteiger partial charge on any atom is -0.456 e. The first-order valence-electron chi connectivity index (χ1n) is 12.1. The van der Waals surface area contributed by atoms with Crippen LogP contribution < -0.4 is 5.73 Å². The Bertz CT molecular complexity index is 938. The summed E-state index contributed by atoms with van der Waals surface area (Å²) >= 11 is 6.53. The Labute approximate surface area is 212 Å². The Morgan fingerprint density at radius 3 is 2.63 bits per heavy atom. The first-order valence-corrected chi connectivity index (χ1v) is 12.5. The minimum absolute atomic E-state index is 0.0847. The van der Waals surface area contributed by atoms with E-state index < -0.39 is 35.6 Å². The van der Waals surface area contributed by atoms with Crippen LogP contribution in [0, 0.1) is 17.3 Å². The number of aromatic nitrogens is 1. The molecule has 35 heavy (non-hydrogen) atoms. The molecule has 0 aliphatic carbocycles. The highest BCUT2D eigenvalue weighted by atomic mass is 35.5. The zero-order valence-corrected chi connectivity index (χ0v) is 22.0. The number of aliphatic hydroxyl groups is 2. The van der Waals surface area contributed by atoms with Crippen molar-refractivity contribution >= 4 is 29.4 Å². The Hall–Kier alpha value is -2.00. The number of aliphatic hydroxyl groups excluding tert-OH is 2. The van der Waals surface area contributed by atoms with Gasteiger partial charge in [0.05, 0.1) is 35.6 Å². The van der Waals surface area contributed by atoms with E-state index in [1.807, 2.05) is 19.9 Å². The zero-order chi connectivity index (χ0) is 26.3. The number of oxazole rings is 1. The lowest BCUT2D eigenvalue weighted by atomic mass is 9.73. The van der Waals surface area contributed by atoms with Crippen molar-refractivity contribution in [2.45, 2.75) is 91.6 Å². The molecule has 4 N–H and O–H groups in total. The van der Waals surface area contributed by atoms with Gasteiger partial charge in [-0.2, -0.15) is 0 Å². The molecule has 2 heterocycles. The lowest BCUT2D eigenvalue weighted by Gasteiger charge is -2.34. The van der Waals surface area contributed by atoms with Gasteiger partial charge in [0.2, 0.25) is 5.89 Å². The monoisotopic (exact) mass is 510 g/mol. The predicted octanol–water partition coefficient (Wildman–Crippen LogP) is 4.12. The van der Waals surface area contributed by atoms with E-state index in [1.54, 1.807) is 26.8 Å². The van der Waals surface area contributed by atoms with E-state index in [2.05, 4.69) is 4.98 Å². The second-order valence-electron chi connectivity index (χ2n) is 10.1. The maximum Gasteiger partial charge on any atom is 0.309 e. The van der Waals surface area contributed by atoms with Crippen LogP contribution in [0.15, 0.2) is 27.4 Å². The largest absolute Gasteiger partial charge is 0.456 e. The van der Waals surface area contributed by atoms with Gasteiger partial charge in [-0.3, -0.25) is 9.59 Å². The second-order valence-corrected chi connectivity index (χ2v) is 10.6. The standard InChI is InChI=1S/C26H39ClN2O6/c1-15-7-6-8-16(2)24(32)17(3)25(33)26(4,5)21(30)12-23(31)35-20(10-9-15)19(27)11-18-14-34-22(13-28)29-18/h9,11,14,16-17,20-21,24,30,32H,6-8,10,12-13,28H2,1-5H3/b15-9-,19-11?/t16-,17+,20-,21-,24-/m0/s1. The molecule has 0 bridgehead atoms. The number of rotatable bonds is 3. The topological polar surface area (TPSA) is 136 Å². The van der Waals surface area contributed by atoms with Gasteiger partial charge in [-0.25, -0.2) is 4.98 Å². The molecular weight excluding hydrogens is 472 g/mol. The summed E-state index contributed by atoms with van der Waals surface area (Å²) in [5, 5.41) is 21.8. The number of hydrogen-bond acceptors (Lipinski definition) is 8. The molecule has 5 atom stereocenters. The summed E-state index contributed by atoms with van der Waals surface area (Å²) < 4.78 is 10.9. The summed E-state index contributed by atoms with van der Waals surface area (Å²) in [6, 6.07) is 0. The van der Waals surface area contributed by atoms with E-state index in [1.165, 1.54) is 6.26 Å². The fourth-order valence-electron chi connectivity index (χ4n) is 4.24. The van der Waals surface area contributed by atoms with Crippen molar-refractivity contribution in [1.82, 2.24) is 4.98 Å². The maximum absolute atomic E-state index is 13.2. The van der Waals surface area contributed by atoms with Crippen LogP contribution in [0.4, 0.5) is 0 Å². The normalized spacial score (nSPS) is 31.5. The number of esters is 1. The highest BCUT2D eigenvalue weighted by molar-refractivity contribution is 6.32. The predicted molar refractivity (Wildman–Crippen MR) is 134 cm³/mol. The highest BCUT2D eigenvalue weighted by Gasteiger charge is 2.42. The van der Waals surface area contributed by atoms with Crippen molar-refractivity contribution in [3.63, 3.8) is 0 Å². The van der Waals surface area contributed by atoms with E-state index >= 15 is 0 Å². The van der Waals surface area contributed by atoms with Gasteiger partial charge in [0.15, 0.2) is 0 Å². The number of carbonyl (C=O) groups is 2. The number of ketones is 1. The molecule has 1 aliphatic rings. The third kappa shape index (κ3) is 8.00. The van der Waals surface area contributed by atoms with E-state index in [0.717, 1.165) is 24.8 Å². The summed E-state index contributed by atoms with van der Waals surface area (Å²) in [4.78, 5) is 30.1. The second kappa shape index (κ2) is 12.8. The van der Waals surface area contributed by atoms with Crippen molar-refractivity contribution in [3.05, 3.63) is 34.5 Å². The molecule has 2 rings (SSSR count). The first-order chi connectivity index (χ1) is 16.4. The Balaban J connectivity index is 2.33. The van der Waals surface area contributed by atoms with Crippen molar-refractivity contribution in [2.24, 2.45) is 23.0 Å². The molecule has 9 heteroatoms. The van der Waals surface area contributed by atoms with E-state index in [-0.39, 0.29) is 29.7 Å². The lowest BCUT2D eigenvalue weighted by Crippen LogP contribution is -2.45. The van der Waals surface area contributed by atoms with Gasteiger partial charge < -0.3 is 25.1 Å². The summed E-state index contributed by atoms with van der Waals surface area (Å²) in [7, 11) is 0. The molecule has 0 fully saturated rings. The van der Waals surface area contributed by atoms with Crippen LogP contribution in [0.1, 0.15) is 78.3 Å². The minimum atomic E-state index is -1.29. The van der Waals surface area contributed by atoms with Gasteiger partial charge in [-0.1, -0.05) is 50.9 Å². The van der Waals surface area contributed by atoms with Gasteiger partial charge in [0.1, 0.15) is 23.8 Å². The third-order valence-electron chi connectivity index (χ3n) is 6.86. The molecule has 0 saturated heterocycles. The lowest BCUT2D eigenvalue weighted by molar-refractivity contribution is -0.153. The molecule has 0 aromatic carbocycles. The summed E-state index contributed by atoms with van der Waals surface area (Å²) in [6.45, 7) is 8.90. The average Bonchev–Trinajstić information content (AvgIpc) is 3.26. The number of halogens is 1. The molecule has 1 aromatic rings. The number of ether oxygens (including phenoxy) is 1. The Morgan fingerprint density at radius 2 is 2.00 bits per heavy atom. The van der Waals surface area contributed by atoms with Crippen molar-refractivity contribution in [2.75, 3.05) is 0 Å². The molecule has 0 radical (unpaired) electrons. The SMILES string of the molecule is C/C1=C/C[C@@H](C(Cl)=Cc2coc(CN)n2)OC(=O)C[C@H](O)C(C)(C)C(=O)[C@H](C)[C@@H](O)[C@@H](C)CCC1. The number of allylic oxidation sites excluding steroid dienone is 1. The maximum atomic E-state index is 13.2. The number of nitrogens with zero attached hydrogens (tertiary/aromatic N) is 1. The van der Waals surface area contributed by atoms with Crippen LogP contribution in [0.3, 0.4) is 0 Å². The summed E-state index contributed by atoms with van der Waals surface area (Å²) in [5.41, 5.74) is 5.83. The van der Waals surface area contributed by atoms with Gasteiger partial charge in [-0.15, -0.1) is 0 Å². The molecule has 1 aromatic heterocycles. The van der Waals surface area contributed by atoms with Gasteiger partial charge in [0, 0.05) is 12.3 Å². The van der Waals surface area contributed by atoms with Gasteiger partial charge in [0.25, 0.3) is 0 Å².